The summed E-state index contributed by atoms with van der Waals surface area (Å²) in [7, 11) is 0. The van der Waals surface area contributed by atoms with Crippen LogP contribution < -0.4 is 5.32 Å². The Morgan fingerprint density at radius 3 is 2.44 bits per heavy atom. The predicted octanol–water partition coefficient (Wildman–Crippen LogP) is 2.36. The summed E-state index contributed by atoms with van der Waals surface area (Å²) in [6.07, 6.45) is 10.7. The number of hydrogen-bond acceptors (Lipinski definition) is 2. The number of rotatable bonds is 2. The van der Waals surface area contributed by atoms with Crippen molar-refractivity contribution in [2.75, 3.05) is 0 Å². The molecule has 3 heteroatoms. The second kappa shape index (κ2) is 8.65. The lowest BCUT2D eigenvalue weighted by Gasteiger charge is -2.15. The second-order valence-corrected chi connectivity index (χ2v) is 3.50. The maximum Gasteiger partial charge on any atom is 0.229 e. The Balaban J connectivity index is 0.000000293. The molecular formula is C13H19NO2. The first-order chi connectivity index (χ1) is 7.61. The molecule has 88 valence electrons. The number of nitrogens with one attached hydrogen (secondary N) is 1. The average molecular weight is 221 g/mol. The van der Waals surface area contributed by atoms with Crippen LogP contribution in [0, 0.1) is 5.92 Å². The second-order valence-electron chi connectivity index (χ2n) is 3.50. The molecule has 1 fully saturated rings. The number of allylic oxidation sites excluding steroid dienone is 5. The summed E-state index contributed by atoms with van der Waals surface area (Å²) >= 11 is 0. The number of amides is 2. The fraction of sp³-hybridized carbons (Fsp3) is 0.385. The van der Waals surface area contributed by atoms with Crippen molar-refractivity contribution in [3.63, 3.8) is 0 Å². The van der Waals surface area contributed by atoms with Crippen molar-refractivity contribution >= 4 is 11.8 Å². The molecular weight excluding hydrogens is 202 g/mol. The van der Waals surface area contributed by atoms with Crippen molar-refractivity contribution in [2.45, 2.75) is 26.7 Å². The average Bonchev–Trinajstić information content (AvgIpc) is 2.26. The smallest absolute Gasteiger partial charge is 0.229 e. The van der Waals surface area contributed by atoms with Gasteiger partial charge in [-0.05, 0) is 13.3 Å². The minimum Gasteiger partial charge on any atom is -0.296 e. The Kier molecular flexibility index (Phi) is 7.76. The van der Waals surface area contributed by atoms with Crippen molar-refractivity contribution in [3.05, 3.63) is 37.0 Å². The molecule has 1 atom stereocenters. The quantitative estimate of drug-likeness (QED) is 0.574. The van der Waals surface area contributed by atoms with Gasteiger partial charge < -0.3 is 0 Å². The van der Waals surface area contributed by atoms with Gasteiger partial charge >= 0.3 is 0 Å². The molecule has 0 aromatic rings. The highest BCUT2D eigenvalue weighted by Crippen LogP contribution is 2.09. The summed E-state index contributed by atoms with van der Waals surface area (Å²) in [5.41, 5.74) is 0. The molecule has 1 saturated heterocycles. The van der Waals surface area contributed by atoms with E-state index in [1.807, 2.05) is 38.2 Å². The third-order valence-electron chi connectivity index (χ3n) is 2.07. The molecule has 3 nitrogen and oxygen atoms in total. The standard InChI is InChI=1S/C7H10.C6H9NO2/c1-3-5-7-6-4-2;1-4-2-3-5(8)7-6(4)9/h3-7H,1H2,2H3;4H,2-3H2,1H3,(H,7,8,9)/b6-4-,7-5-;. The van der Waals surface area contributed by atoms with Gasteiger partial charge in [0, 0.05) is 12.3 Å². The Morgan fingerprint density at radius 2 is 2.00 bits per heavy atom. The fourth-order valence-electron chi connectivity index (χ4n) is 1.06. The summed E-state index contributed by atoms with van der Waals surface area (Å²) in [5.74, 6) is -0.257. The van der Waals surface area contributed by atoms with Gasteiger partial charge in [0.2, 0.25) is 11.8 Å². The Hall–Kier alpha value is -1.64. The molecule has 0 aromatic heterocycles. The molecule has 0 aromatic carbocycles. The van der Waals surface area contributed by atoms with Crippen molar-refractivity contribution < 1.29 is 9.59 Å². The maximum absolute atomic E-state index is 10.7. The summed E-state index contributed by atoms with van der Waals surface area (Å²) < 4.78 is 0. The van der Waals surface area contributed by atoms with Gasteiger partial charge in [-0.3, -0.25) is 14.9 Å². The lowest BCUT2D eigenvalue weighted by molar-refractivity contribution is -0.135. The van der Waals surface area contributed by atoms with E-state index < -0.39 is 0 Å². The van der Waals surface area contributed by atoms with Crippen LogP contribution in [-0.2, 0) is 9.59 Å². The van der Waals surface area contributed by atoms with E-state index in [0.717, 1.165) is 0 Å². The van der Waals surface area contributed by atoms with Crippen LogP contribution >= 0.6 is 0 Å². The monoisotopic (exact) mass is 221 g/mol. The molecule has 1 rings (SSSR count). The normalized spacial score (nSPS) is 20.5. The fourth-order valence-corrected chi connectivity index (χ4v) is 1.06. The molecule has 0 radical (unpaired) electrons. The molecule has 0 spiro atoms. The Bertz CT molecular complexity index is 303. The molecule has 2 amide bonds. The first kappa shape index (κ1) is 14.4. The first-order valence-corrected chi connectivity index (χ1v) is 5.36. The van der Waals surface area contributed by atoms with E-state index in [1.54, 1.807) is 6.08 Å². The molecule has 1 aliphatic rings. The Morgan fingerprint density at radius 1 is 1.31 bits per heavy atom. The highest BCUT2D eigenvalue weighted by Gasteiger charge is 2.21. The van der Waals surface area contributed by atoms with Crippen molar-refractivity contribution in [2.24, 2.45) is 5.92 Å². The minimum absolute atomic E-state index is 0.0164. The van der Waals surface area contributed by atoms with E-state index in [2.05, 4.69) is 11.9 Å². The van der Waals surface area contributed by atoms with Crippen LogP contribution in [0.15, 0.2) is 37.0 Å². The third kappa shape index (κ3) is 6.76. The number of piperidine rings is 1. The van der Waals surface area contributed by atoms with Crippen molar-refractivity contribution in [1.82, 2.24) is 5.32 Å². The zero-order valence-corrected chi connectivity index (χ0v) is 9.90. The van der Waals surface area contributed by atoms with Gasteiger partial charge in [-0.25, -0.2) is 0 Å². The zero-order valence-electron chi connectivity index (χ0n) is 9.90. The lowest BCUT2D eigenvalue weighted by Crippen LogP contribution is -2.39. The van der Waals surface area contributed by atoms with Crippen molar-refractivity contribution in [3.8, 4) is 0 Å². The first-order valence-electron chi connectivity index (χ1n) is 5.36. The van der Waals surface area contributed by atoms with E-state index >= 15 is 0 Å². The molecule has 16 heavy (non-hydrogen) atoms. The van der Waals surface area contributed by atoms with E-state index in [-0.39, 0.29) is 17.7 Å². The van der Waals surface area contributed by atoms with Crippen molar-refractivity contribution in [1.29, 1.82) is 0 Å². The van der Waals surface area contributed by atoms with Gasteiger partial charge in [0.05, 0.1) is 0 Å². The molecule has 1 unspecified atom stereocenters. The highest BCUT2D eigenvalue weighted by molar-refractivity contribution is 5.98. The topological polar surface area (TPSA) is 46.2 Å². The Labute approximate surface area is 96.9 Å². The molecule has 0 saturated carbocycles. The highest BCUT2D eigenvalue weighted by atomic mass is 16.2. The van der Waals surface area contributed by atoms with Crippen LogP contribution in [0.5, 0.6) is 0 Å². The van der Waals surface area contributed by atoms with Crippen LogP contribution in [0.4, 0.5) is 0 Å². The molecule has 1 aliphatic heterocycles. The molecule has 1 N–H and O–H groups in total. The number of hydrogen-bond donors (Lipinski definition) is 1. The van der Waals surface area contributed by atoms with Gasteiger partial charge in [-0.1, -0.05) is 43.9 Å². The van der Waals surface area contributed by atoms with Gasteiger partial charge in [0.15, 0.2) is 0 Å². The predicted molar refractivity (Wildman–Crippen MR) is 65.7 cm³/mol. The molecule has 0 aliphatic carbocycles. The van der Waals surface area contributed by atoms with Gasteiger partial charge in [0.25, 0.3) is 0 Å². The SMILES string of the molecule is C=C/C=C\C=C/C.CC1CCC(=O)NC1=O. The summed E-state index contributed by atoms with van der Waals surface area (Å²) in [4.78, 5) is 21.2. The maximum atomic E-state index is 10.7. The van der Waals surface area contributed by atoms with E-state index in [0.29, 0.717) is 12.8 Å². The number of carbonyl (C=O) groups excluding carboxylic acids is 2. The van der Waals surface area contributed by atoms with E-state index in [9.17, 15) is 9.59 Å². The van der Waals surface area contributed by atoms with Crippen LogP contribution in [-0.4, -0.2) is 11.8 Å². The van der Waals surface area contributed by atoms with Gasteiger partial charge in [0.1, 0.15) is 0 Å². The summed E-state index contributed by atoms with van der Waals surface area (Å²) in [6.45, 7) is 7.31. The van der Waals surface area contributed by atoms with Gasteiger partial charge in [-0.15, -0.1) is 0 Å². The largest absolute Gasteiger partial charge is 0.296 e. The summed E-state index contributed by atoms with van der Waals surface area (Å²) in [5, 5.41) is 2.25. The lowest BCUT2D eigenvalue weighted by atomic mass is 10.0. The number of imide groups is 1. The van der Waals surface area contributed by atoms with E-state index in [4.69, 9.17) is 0 Å². The summed E-state index contributed by atoms with van der Waals surface area (Å²) in [6, 6.07) is 0. The zero-order chi connectivity index (χ0) is 12.4. The number of carbonyl (C=O) groups is 2. The molecule has 1 heterocycles. The third-order valence-corrected chi connectivity index (χ3v) is 2.07. The van der Waals surface area contributed by atoms with Gasteiger partial charge in [-0.2, -0.15) is 0 Å². The minimum atomic E-state index is -0.141. The molecule has 0 bridgehead atoms. The van der Waals surface area contributed by atoms with E-state index in [1.165, 1.54) is 0 Å². The van der Waals surface area contributed by atoms with Crippen LogP contribution in [0.1, 0.15) is 26.7 Å². The van der Waals surface area contributed by atoms with Crippen LogP contribution in [0.3, 0.4) is 0 Å². The van der Waals surface area contributed by atoms with Crippen LogP contribution in [0.2, 0.25) is 0 Å². The van der Waals surface area contributed by atoms with Crippen LogP contribution in [0.25, 0.3) is 0 Å².